The molecule has 1 heterocycles. The van der Waals surface area contributed by atoms with Gasteiger partial charge in [0.15, 0.2) is 0 Å². The van der Waals surface area contributed by atoms with E-state index >= 15 is 0 Å². The second kappa shape index (κ2) is 4.97. The van der Waals surface area contributed by atoms with Crippen molar-refractivity contribution in [1.82, 2.24) is 0 Å². The first kappa shape index (κ1) is 12.9. The van der Waals surface area contributed by atoms with Crippen molar-refractivity contribution < 1.29 is 14.3 Å². The van der Waals surface area contributed by atoms with E-state index in [0.717, 1.165) is 0 Å². The number of carbonyl (C=O) groups excluding carboxylic acids is 2. The van der Waals surface area contributed by atoms with Crippen molar-refractivity contribution >= 4 is 39.2 Å². The lowest BCUT2D eigenvalue weighted by atomic mass is 10.1. The number of nitrogens with two attached hydrogens (primary N) is 1. The second-order valence-electron chi connectivity index (χ2n) is 4.07. The largest absolute Gasteiger partial charge is 0.465 e. The Morgan fingerprint density at radius 2 is 2.28 bits per heavy atom. The molecule has 0 bridgehead atoms. The lowest BCUT2D eigenvalue weighted by molar-refractivity contribution is -0.117. The summed E-state index contributed by atoms with van der Waals surface area (Å²) in [7, 11) is 1.31. The molecule has 0 radical (unpaired) electrons. The van der Waals surface area contributed by atoms with Gasteiger partial charge in [0, 0.05) is 17.8 Å². The van der Waals surface area contributed by atoms with Gasteiger partial charge >= 0.3 is 5.97 Å². The van der Waals surface area contributed by atoms with E-state index in [1.165, 1.54) is 7.11 Å². The highest BCUT2D eigenvalue weighted by Crippen LogP contribution is 2.30. The predicted octanol–water partition coefficient (Wildman–Crippen LogP) is 1.56. The van der Waals surface area contributed by atoms with Gasteiger partial charge in [-0.25, -0.2) is 4.79 Å². The number of alkyl halides is 1. The third kappa shape index (κ3) is 2.33. The Morgan fingerprint density at radius 1 is 1.56 bits per heavy atom. The van der Waals surface area contributed by atoms with E-state index in [2.05, 4.69) is 20.7 Å². The zero-order valence-corrected chi connectivity index (χ0v) is 11.4. The lowest BCUT2D eigenvalue weighted by Crippen LogP contribution is -2.25. The Morgan fingerprint density at radius 3 is 2.83 bits per heavy atom. The molecule has 1 saturated heterocycles. The normalized spacial score (nSPS) is 19.1. The highest BCUT2D eigenvalue weighted by Gasteiger charge is 2.30. The third-order valence-electron chi connectivity index (χ3n) is 2.82. The fourth-order valence-corrected chi connectivity index (χ4v) is 2.49. The van der Waals surface area contributed by atoms with Crippen LogP contribution < -0.4 is 10.6 Å². The minimum atomic E-state index is -0.446. The Labute approximate surface area is 113 Å². The Kier molecular flexibility index (Phi) is 3.56. The van der Waals surface area contributed by atoms with Crippen LogP contribution >= 0.6 is 15.9 Å². The molecule has 1 aliphatic rings. The summed E-state index contributed by atoms with van der Waals surface area (Å²) in [5.74, 6) is -0.455. The van der Waals surface area contributed by atoms with Gasteiger partial charge in [-0.05, 0) is 18.2 Å². The molecule has 5 nitrogen and oxygen atoms in total. The first-order chi connectivity index (χ1) is 8.52. The molecule has 0 spiro atoms. The molecule has 1 atom stereocenters. The first-order valence-corrected chi connectivity index (χ1v) is 6.36. The number of benzene rings is 1. The fourth-order valence-electron chi connectivity index (χ4n) is 1.92. The highest BCUT2D eigenvalue weighted by atomic mass is 79.9. The molecule has 0 aromatic heterocycles. The Bertz CT molecular complexity index is 504. The van der Waals surface area contributed by atoms with E-state index in [0.29, 0.717) is 29.9 Å². The number of nitrogens with zero attached hydrogens (tertiary/aromatic N) is 1. The maximum absolute atomic E-state index is 11.8. The molecule has 2 N–H and O–H groups in total. The van der Waals surface area contributed by atoms with Crippen LogP contribution in [0.4, 0.5) is 11.4 Å². The summed E-state index contributed by atoms with van der Waals surface area (Å²) in [5.41, 5.74) is 7.27. The number of halogens is 1. The number of hydrogen-bond donors (Lipinski definition) is 1. The molecule has 0 aliphatic carbocycles. The van der Waals surface area contributed by atoms with Crippen molar-refractivity contribution in [2.45, 2.75) is 11.2 Å². The van der Waals surface area contributed by atoms with Crippen molar-refractivity contribution in [2.75, 3.05) is 24.3 Å². The third-order valence-corrected chi connectivity index (χ3v) is 3.43. The summed E-state index contributed by atoms with van der Waals surface area (Å²) in [5, 5.41) is 0. The molecule has 96 valence electrons. The average Bonchev–Trinajstić information content (AvgIpc) is 2.68. The summed E-state index contributed by atoms with van der Waals surface area (Å²) in [6.45, 7) is 0.549. The number of amides is 1. The van der Waals surface area contributed by atoms with Gasteiger partial charge in [0.05, 0.1) is 24.0 Å². The smallest absolute Gasteiger partial charge is 0.337 e. The van der Waals surface area contributed by atoms with Gasteiger partial charge in [0.25, 0.3) is 0 Å². The number of ether oxygens (including phenoxy) is 1. The van der Waals surface area contributed by atoms with Crippen LogP contribution in [0.25, 0.3) is 0 Å². The minimum absolute atomic E-state index is 0.00871. The van der Waals surface area contributed by atoms with Gasteiger partial charge in [-0.1, -0.05) is 15.9 Å². The van der Waals surface area contributed by atoms with Crippen molar-refractivity contribution in [3.63, 3.8) is 0 Å². The molecule has 1 fully saturated rings. The van der Waals surface area contributed by atoms with E-state index < -0.39 is 5.97 Å². The van der Waals surface area contributed by atoms with Crippen molar-refractivity contribution in [3.05, 3.63) is 23.8 Å². The number of anilines is 2. The summed E-state index contributed by atoms with van der Waals surface area (Å²) < 4.78 is 4.65. The van der Waals surface area contributed by atoms with Gasteiger partial charge in [0.1, 0.15) is 0 Å². The van der Waals surface area contributed by atoms with Crippen LogP contribution in [0.2, 0.25) is 0 Å². The molecule has 1 aliphatic heterocycles. The maximum atomic E-state index is 11.8. The number of nitrogen functional groups attached to an aromatic ring is 1. The number of hydrogen-bond acceptors (Lipinski definition) is 4. The average molecular weight is 313 g/mol. The molecule has 18 heavy (non-hydrogen) atoms. The van der Waals surface area contributed by atoms with E-state index in [9.17, 15) is 9.59 Å². The van der Waals surface area contributed by atoms with Crippen molar-refractivity contribution in [3.8, 4) is 0 Å². The molecular formula is C12H13BrN2O3. The zero-order valence-electron chi connectivity index (χ0n) is 9.85. The van der Waals surface area contributed by atoms with Crippen LogP contribution in [0.15, 0.2) is 18.2 Å². The highest BCUT2D eigenvalue weighted by molar-refractivity contribution is 9.09. The Hall–Kier alpha value is -1.56. The number of esters is 1. The van der Waals surface area contributed by atoms with Gasteiger partial charge in [-0.3, -0.25) is 4.79 Å². The second-order valence-corrected chi connectivity index (χ2v) is 5.37. The molecule has 0 saturated carbocycles. The minimum Gasteiger partial charge on any atom is -0.465 e. The molecule has 1 amide bonds. The van der Waals surface area contributed by atoms with E-state index in [-0.39, 0.29) is 10.7 Å². The van der Waals surface area contributed by atoms with Crippen LogP contribution in [0.5, 0.6) is 0 Å². The predicted molar refractivity (Wildman–Crippen MR) is 71.9 cm³/mol. The van der Waals surface area contributed by atoms with Gasteiger partial charge in [-0.15, -0.1) is 0 Å². The molecule has 2 rings (SSSR count). The van der Waals surface area contributed by atoms with Crippen LogP contribution in [-0.4, -0.2) is 30.4 Å². The number of methoxy groups -OCH3 is 1. The quantitative estimate of drug-likeness (QED) is 0.511. The van der Waals surface area contributed by atoms with Crippen LogP contribution in [0, 0.1) is 0 Å². The number of carbonyl (C=O) groups is 2. The SMILES string of the molecule is COC(=O)c1ccc(N)c(N2CC(Br)CC2=O)c1. The lowest BCUT2D eigenvalue weighted by Gasteiger charge is -2.18. The molecule has 1 unspecified atom stereocenters. The zero-order chi connectivity index (χ0) is 13.3. The number of rotatable bonds is 2. The Balaban J connectivity index is 2.38. The van der Waals surface area contributed by atoms with E-state index in [1.54, 1.807) is 23.1 Å². The van der Waals surface area contributed by atoms with Gasteiger partial charge in [-0.2, -0.15) is 0 Å². The topological polar surface area (TPSA) is 72.6 Å². The molecule has 1 aromatic carbocycles. The van der Waals surface area contributed by atoms with E-state index in [4.69, 9.17) is 5.73 Å². The van der Waals surface area contributed by atoms with Crippen molar-refractivity contribution in [2.24, 2.45) is 0 Å². The summed E-state index contributed by atoms with van der Waals surface area (Å²) >= 11 is 3.41. The van der Waals surface area contributed by atoms with E-state index in [1.807, 2.05) is 0 Å². The fraction of sp³-hybridized carbons (Fsp3) is 0.333. The van der Waals surface area contributed by atoms with Gasteiger partial charge in [0.2, 0.25) is 5.91 Å². The molecule has 1 aromatic rings. The summed E-state index contributed by atoms with van der Waals surface area (Å²) in [6, 6.07) is 4.78. The molecular weight excluding hydrogens is 300 g/mol. The van der Waals surface area contributed by atoms with Gasteiger partial charge < -0.3 is 15.4 Å². The monoisotopic (exact) mass is 312 g/mol. The van der Waals surface area contributed by atoms with Crippen LogP contribution in [-0.2, 0) is 9.53 Å². The van der Waals surface area contributed by atoms with Crippen molar-refractivity contribution in [1.29, 1.82) is 0 Å². The first-order valence-electron chi connectivity index (χ1n) is 5.45. The standard InChI is InChI=1S/C12H13BrN2O3/c1-18-12(17)7-2-3-9(14)10(4-7)15-6-8(13)5-11(15)16/h2-4,8H,5-6,14H2,1H3. The molecule has 6 heteroatoms. The summed E-state index contributed by atoms with van der Waals surface area (Å²) in [6.07, 6.45) is 0.432. The van der Waals surface area contributed by atoms with Crippen LogP contribution in [0.1, 0.15) is 16.8 Å². The van der Waals surface area contributed by atoms with Crippen LogP contribution in [0.3, 0.4) is 0 Å². The maximum Gasteiger partial charge on any atom is 0.337 e. The summed E-state index contributed by atoms with van der Waals surface area (Å²) in [4.78, 5) is 25.0.